The summed E-state index contributed by atoms with van der Waals surface area (Å²) in [4.78, 5) is 4.99. The van der Waals surface area contributed by atoms with Crippen LogP contribution in [-0.4, -0.2) is 57.2 Å². The van der Waals surface area contributed by atoms with E-state index in [9.17, 15) is 0 Å². The summed E-state index contributed by atoms with van der Waals surface area (Å²) in [5.74, 6) is 3.62. The summed E-state index contributed by atoms with van der Waals surface area (Å²) in [7, 11) is 5.63. The van der Waals surface area contributed by atoms with Crippen molar-refractivity contribution in [1.82, 2.24) is 9.80 Å². The van der Waals surface area contributed by atoms with Crippen LogP contribution < -0.4 is 4.74 Å². The van der Waals surface area contributed by atoms with Gasteiger partial charge in [0.05, 0.1) is 13.7 Å². The number of benzene rings is 1. The molecule has 2 aromatic rings. The molecule has 0 radical (unpaired) electrons. The van der Waals surface area contributed by atoms with Gasteiger partial charge in [-0.3, -0.25) is 4.90 Å². The summed E-state index contributed by atoms with van der Waals surface area (Å²) in [5, 5.41) is 0. The zero-order valence-corrected chi connectivity index (χ0v) is 17.5. The highest BCUT2D eigenvalue weighted by Crippen LogP contribution is 2.21. The Morgan fingerprint density at radius 3 is 2.79 bits per heavy atom. The lowest BCUT2D eigenvalue weighted by molar-refractivity contribution is 0.136. The molecule has 0 N–H and O–H groups in total. The summed E-state index contributed by atoms with van der Waals surface area (Å²) in [6.45, 7) is 5.96. The molecular weight excluding hydrogens is 352 g/mol. The molecule has 28 heavy (non-hydrogen) atoms. The Balaban J connectivity index is 1.44. The number of methoxy groups -OCH3 is 2. The molecule has 1 aliphatic heterocycles. The van der Waals surface area contributed by atoms with E-state index in [0.717, 1.165) is 43.3 Å². The van der Waals surface area contributed by atoms with Crippen LogP contribution in [0, 0.1) is 5.92 Å². The number of furan rings is 1. The minimum Gasteiger partial charge on any atom is -0.496 e. The molecule has 1 unspecified atom stereocenters. The first kappa shape index (κ1) is 20.9. The highest BCUT2D eigenvalue weighted by molar-refractivity contribution is 5.33. The van der Waals surface area contributed by atoms with Gasteiger partial charge in [-0.2, -0.15) is 0 Å². The summed E-state index contributed by atoms with van der Waals surface area (Å²) in [6.07, 6.45) is 3.63. The first-order valence-electron chi connectivity index (χ1n) is 10.3. The highest BCUT2D eigenvalue weighted by Gasteiger charge is 2.21. The highest BCUT2D eigenvalue weighted by atomic mass is 16.5. The fourth-order valence-electron chi connectivity index (χ4n) is 4.19. The van der Waals surface area contributed by atoms with Crippen LogP contribution in [0.1, 0.15) is 29.9 Å². The van der Waals surface area contributed by atoms with Gasteiger partial charge in [-0.15, -0.1) is 0 Å². The average Bonchev–Trinajstić information content (AvgIpc) is 3.14. The SMILES string of the molecule is COCc1ccc(CN(C)CC2CCCN(CCc3ccccc3OC)C2)o1. The van der Waals surface area contributed by atoms with E-state index < -0.39 is 0 Å². The van der Waals surface area contributed by atoms with Crippen LogP contribution in [0.2, 0.25) is 0 Å². The van der Waals surface area contributed by atoms with Crippen molar-refractivity contribution in [2.24, 2.45) is 5.92 Å². The Hall–Kier alpha value is -1.82. The Morgan fingerprint density at radius 2 is 1.96 bits per heavy atom. The topological polar surface area (TPSA) is 38.1 Å². The molecule has 0 saturated carbocycles. The van der Waals surface area contributed by atoms with Crippen LogP contribution in [-0.2, 0) is 24.3 Å². The van der Waals surface area contributed by atoms with E-state index in [-0.39, 0.29) is 0 Å². The molecule has 0 aliphatic carbocycles. The molecular formula is C23H34N2O3. The van der Waals surface area contributed by atoms with Crippen molar-refractivity contribution < 1.29 is 13.9 Å². The van der Waals surface area contributed by atoms with Gasteiger partial charge in [0.1, 0.15) is 23.9 Å². The molecule has 5 nitrogen and oxygen atoms in total. The van der Waals surface area contributed by atoms with Crippen LogP contribution in [0.15, 0.2) is 40.8 Å². The lowest BCUT2D eigenvalue weighted by atomic mass is 9.97. The largest absolute Gasteiger partial charge is 0.496 e. The molecule has 1 aromatic heterocycles. The van der Waals surface area contributed by atoms with E-state index in [4.69, 9.17) is 13.9 Å². The number of para-hydroxylation sites is 1. The van der Waals surface area contributed by atoms with Gasteiger partial charge >= 0.3 is 0 Å². The first-order valence-corrected chi connectivity index (χ1v) is 10.3. The van der Waals surface area contributed by atoms with Crippen molar-refractivity contribution in [3.63, 3.8) is 0 Å². The van der Waals surface area contributed by atoms with Crippen LogP contribution in [0.3, 0.4) is 0 Å². The van der Waals surface area contributed by atoms with Crippen molar-refractivity contribution >= 4 is 0 Å². The molecule has 5 heteroatoms. The minimum atomic E-state index is 0.535. The van der Waals surface area contributed by atoms with Crippen molar-refractivity contribution in [3.8, 4) is 5.75 Å². The predicted molar refractivity (Wildman–Crippen MR) is 112 cm³/mol. The number of ether oxygens (including phenoxy) is 2. The van der Waals surface area contributed by atoms with E-state index in [1.807, 2.05) is 12.1 Å². The van der Waals surface area contributed by atoms with Gasteiger partial charge in [0.25, 0.3) is 0 Å². The van der Waals surface area contributed by atoms with Crippen molar-refractivity contribution in [1.29, 1.82) is 0 Å². The number of hydrogen-bond donors (Lipinski definition) is 0. The number of nitrogens with zero attached hydrogens (tertiary/aromatic N) is 2. The lowest BCUT2D eigenvalue weighted by Gasteiger charge is -2.34. The van der Waals surface area contributed by atoms with E-state index in [1.54, 1.807) is 14.2 Å². The van der Waals surface area contributed by atoms with Gasteiger partial charge in [0.2, 0.25) is 0 Å². The third kappa shape index (κ3) is 6.09. The maximum Gasteiger partial charge on any atom is 0.129 e. The zero-order valence-electron chi connectivity index (χ0n) is 17.5. The van der Waals surface area contributed by atoms with Gasteiger partial charge in [0.15, 0.2) is 0 Å². The second-order valence-electron chi connectivity index (χ2n) is 7.87. The maximum absolute atomic E-state index is 5.83. The molecule has 0 bridgehead atoms. The number of likely N-dealkylation sites (tertiary alicyclic amines) is 1. The second-order valence-corrected chi connectivity index (χ2v) is 7.87. The Morgan fingerprint density at radius 1 is 1.14 bits per heavy atom. The van der Waals surface area contributed by atoms with Crippen LogP contribution in [0.4, 0.5) is 0 Å². The summed E-state index contributed by atoms with van der Waals surface area (Å²) < 4.78 is 16.4. The van der Waals surface area contributed by atoms with Gasteiger partial charge in [-0.05, 0) is 62.5 Å². The van der Waals surface area contributed by atoms with Crippen molar-refractivity contribution in [3.05, 3.63) is 53.5 Å². The minimum absolute atomic E-state index is 0.535. The smallest absolute Gasteiger partial charge is 0.129 e. The van der Waals surface area contributed by atoms with Gasteiger partial charge in [-0.1, -0.05) is 18.2 Å². The number of hydrogen-bond acceptors (Lipinski definition) is 5. The third-order valence-electron chi connectivity index (χ3n) is 5.49. The van der Waals surface area contributed by atoms with Crippen LogP contribution >= 0.6 is 0 Å². The monoisotopic (exact) mass is 386 g/mol. The van der Waals surface area contributed by atoms with Gasteiger partial charge in [0, 0.05) is 26.7 Å². The number of piperidine rings is 1. The molecule has 0 amide bonds. The van der Waals surface area contributed by atoms with Crippen molar-refractivity contribution in [2.75, 3.05) is 47.4 Å². The number of rotatable bonds is 10. The zero-order chi connectivity index (χ0) is 19.8. The quantitative estimate of drug-likeness (QED) is 0.621. The molecule has 0 spiro atoms. The standard InChI is InChI=1S/C23H34N2O3/c1-24(17-21-10-11-22(28-21)18-26-2)15-19-7-6-13-25(16-19)14-12-20-8-4-5-9-23(20)27-3/h4-5,8-11,19H,6-7,12-18H2,1-3H3. The van der Waals surface area contributed by atoms with E-state index in [2.05, 4.69) is 41.1 Å². The lowest BCUT2D eigenvalue weighted by Crippen LogP contribution is -2.40. The third-order valence-corrected chi connectivity index (χ3v) is 5.49. The fourth-order valence-corrected chi connectivity index (χ4v) is 4.19. The van der Waals surface area contributed by atoms with Gasteiger partial charge < -0.3 is 18.8 Å². The molecule has 1 saturated heterocycles. The fraction of sp³-hybridized carbons (Fsp3) is 0.565. The molecule has 1 aromatic carbocycles. The molecule has 1 aliphatic rings. The Bertz CT molecular complexity index is 715. The molecule has 1 fully saturated rings. The molecule has 154 valence electrons. The molecule has 2 heterocycles. The first-order chi connectivity index (χ1) is 13.7. The van der Waals surface area contributed by atoms with Crippen LogP contribution in [0.5, 0.6) is 5.75 Å². The maximum atomic E-state index is 5.83. The Labute approximate surface area is 169 Å². The van der Waals surface area contributed by atoms with Gasteiger partial charge in [-0.25, -0.2) is 0 Å². The average molecular weight is 387 g/mol. The molecule has 1 atom stereocenters. The van der Waals surface area contributed by atoms with E-state index in [0.29, 0.717) is 12.5 Å². The Kier molecular flexibility index (Phi) is 7.95. The normalized spacial score (nSPS) is 17.9. The second kappa shape index (κ2) is 10.6. The van der Waals surface area contributed by atoms with E-state index in [1.165, 1.54) is 31.5 Å². The summed E-state index contributed by atoms with van der Waals surface area (Å²) >= 11 is 0. The summed E-state index contributed by atoms with van der Waals surface area (Å²) in [6, 6.07) is 12.4. The van der Waals surface area contributed by atoms with Crippen LogP contribution in [0.25, 0.3) is 0 Å². The van der Waals surface area contributed by atoms with Crippen molar-refractivity contribution in [2.45, 2.75) is 32.4 Å². The molecule has 3 rings (SSSR count). The predicted octanol–water partition coefficient (Wildman–Crippen LogP) is 3.82. The summed E-state index contributed by atoms with van der Waals surface area (Å²) in [5.41, 5.74) is 1.30. The van der Waals surface area contributed by atoms with E-state index >= 15 is 0 Å².